The Labute approximate surface area is 153 Å². The van der Waals surface area contributed by atoms with E-state index in [1.807, 2.05) is 11.0 Å². The van der Waals surface area contributed by atoms with Crippen LogP contribution in [0.1, 0.15) is 28.1 Å². The van der Waals surface area contributed by atoms with Gasteiger partial charge in [-0.2, -0.15) is 0 Å². The van der Waals surface area contributed by atoms with Gasteiger partial charge in [0.25, 0.3) is 5.91 Å². The predicted octanol–water partition coefficient (Wildman–Crippen LogP) is 2.76. The molecule has 0 saturated carbocycles. The largest absolute Gasteiger partial charge is 0.469 e. The Bertz CT molecular complexity index is 796. The zero-order valence-electron chi connectivity index (χ0n) is 15.1. The van der Waals surface area contributed by atoms with E-state index in [0.717, 1.165) is 56.0 Å². The molecule has 4 rings (SSSR count). The van der Waals surface area contributed by atoms with Gasteiger partial charge in [-0.05, 0) is 37.7 Å². The zero-order valence-corrected chi connectivity index (χ0v) is 15.1. The Balaban J connectivity index is 1.62. The lowest BCUT2D eigenvalue weighted by Gasteiger charge is -2.35. The minimum absolute atomic E-state index is 0.104. The number of carbonyl (C=O) groups excluding carboxylic acids is 1. The number of benzene rings is 1. The minimum Gasteiger partial charge on any atom is -0.469 e. The maximum absolute atomic E-state index is 14.0. The molecule has 2 aliphatic rings. The van der Waals surface area contributed by atoms with Gasteiger partial charge >= 0.3 is 0 Å². The van der Waals surface area contributed by atoms with Crippen molar-refractivity contribution in [3.05, 3.63) is 53.2 Å². The summed E-state index contributed by atoms with van der Waals surface area (Å²) in [6.07, 6.45) is 3.36. The van der Waals surface area contributed by atoms with Crippen LogP contribution in [0.25, 0.3) is 0 Å². The summed E-state index contributed by atoms with van der Waals surface area (Å²) in [7, 11) is 2.09. The van der Waals surface area contributed by atoms with E-state index < -0.39 is 0 Å². The van der Waals surface area contributed by atoms with E-state index in [-0.39, 0.29) is 11.7 Å². The number of fused-ring (bicyclic) bond motifs is 1. The number of carbonyl (C=O) groups is 1. The second-order valence-electron chi connectivity index (χ2n) is 7.15. The number of rotatable bonds is 2. The normalized spacial score (nSPS) is 18.5. The number of likely N-dealkylation sites (N-methyl/N-ethyl adjacent to an activating group) is 1. The molecule has 138 valence electrons. The van der Waals surface area contributed by atoms with E-state index in [1.165, 1.54) is 12.1 Å². The number of nitrogens with zero attached hydrogens (tertiary/aromatic N) is 3. The third-order valence-corrected chi connectivity index (χ3v) is 5.35. The molecule has 1 fully saturated rings. The monoisotopic (exact) mass is 357 g/mol. The first-order valence-electron chi connectivity index (χ1n) is 9.19. The molecule has 1 aromatic carbocycles. The molecule has 6 heteroatoms. The average molecular weight is 357 g/mol. The first-order valence-corrected chi connectivity index (χ1v) is 9.19. The predicted molar refractivity (Wildman–Crippen MR) is 97.9 cm³/mol. The molecule has 2 aromatic rings. The number of hydrogen-bond acceptors (Lipinski definition) is 4. The molecule has 0 atom stereocenters. The van der Waals surface area contributed by atoms with Gasteiger partial charge in [0.1, 0.15) is 11.6 Å². The SMILES string of the molecule is CN1CCN(c2ccc(F)cc2C(=O)N2CCCc3occc3C2)CC1. The zero-order chi connectivity index (χ0) is 18.1. The molecule has 1 saturated heterocycles. The van der Waals surface area contributed by atoms with Crippen molar-refractivity contribution >= 4 is 11.6 Å². The van der Waals surface area contributed by atoms with E-state index in [2.05, 4.69) is 16.8 Å². The number of hydrogen-bond donors (Lipinski definition) is 0. The molecule has 0 radical (unpaired) electrons. The molecule has 5 nitrogen and oxygen atoms in total. The highest BCUT2D eigenvalue weighted by atomic mass is 19.1. The summed E-state index contributed by atoms with van der Waals surface area (Å²) in [5.41, 5.74) is 2.34. The summed E-state index contributed by atoms with van der Waals surface area (Å²) >= 11 is 0. The second kappa shape index (κ2) is 7.11. The topological polar surface area (TPSA) is 39.9 Å². The maximum atomic E-state index is 14.0. The smallest absolute Gasteiger partial charge is 0.256 e. The van der Waals surface area contributed by atoms with Crippen molar-refractivity contribution < 1.29 is 13.6 Å². The summed E-state index contributed by atoms with van der Waals surface area (Å²) in [5, 5.41) is 0. The molecule has 26 heavy (non-hydrogen) atoms. The molecule has 2 aliphatic heterocycles. The maximum Gasteiger partial charge on any atom is 0.256 e. The van der Waals surface area contributed by atoms with Gasteiger partial charge in [0.05, 0.1) is 11.8 Å². The van der Waals surface area contributed by atoms with Crippen molar-refractivity contribution in [3.8, 4) is 0 Å². The summed E-state index contributed by atoms with van der Waals surface area (Å²) in [4.78, 5) is 19.5. The Morgan fingerprint density at radius 1 is 1.12 bits per heavy atom. The van der Waals surface area contributed by atoms with Crippen LogP contribution in [-0.2, 0) is 13.0 Å². The Hall–Kier alpha value is -2.34. The lowest BCUT2D eigenvalue weighted by molar-refractivity contribution is 0.0746. The van der Waals surface area contributed by atoms with Crippen molar-refractivity contribution in [1.29, 1.82) is 0 Å². The lowest BCUT2D eigenvalue weighted by atomic mass is 10.1. The van der Waals surface area contributed by atoms with Gasteiger partial charge in [-0.25, -0.2) is 4.39 Å². The van der Waals surface area contributed by atoms with Crippen LogP contribution in [0, 0.1) is 5.82 Å². The molecule has 1 aromatic heterocycles. The fourth-order valence-corrected chi connectivity index (χ4v) is 3.79. The van der Waals surface area contributed by atoms with Gasteiger partial charge in [0.2, 0.25) is 0 Å². The van der Waals surface area contributed by atoms with Crippen LogP contribution in [0.3, 0.4) is 0 Å². The van der Waals surface area contributed by atoms with Crippen LogP contribution in [0.4, 0.5) is 10.1 Å². The van der Waals surface area contributed by atoms with Crippen LogP contribution < -0.4 is 4.90 Å². The Morgan fingerprint density at radius 3 is 2.73 bits per heavy atom. The molecule has 0 N–H and O–H groups in total. The number of anilines is 1. The van der Waals surface area contributed by atoms with E-state index in [0.29, 0.717) is 18.7 Å². The van der Waals surface area contributed by atoms with Crippen LogP contribution in [0.15, 0.2) is 34.9 Å². The average Bonchev–Trinajstić information content (AvgIpc) is 2.98. The molecule has 0 unspecified atom stereocenters. The van der Waals surface area contributed by atoms with Gasteiger partial charge in [0, 0.05) is 56.9 Å². The van der Waals surface area contributed by atoms with Crippen molar-refractivity contribution in [3.63, 3.8) is 0 Å². The van der Waals surface area contributed by atoms with Crippen LogP contribution in [-0.4, -0.2) is 55.5 Å². The highest BCUT2D eigenvalue weighted by molar-refractivity contribution is 6.00. The quantitative estimate of drug-likeness (QED) is 0.829. The van der Waals surface area contributed by atoms with Crippen LogP contribution in [0.2, 0.25) is 0 Å². The van der Waals surface area contributed by atoms with Crippen LogP contribution in [0.5, 0.6) is 0 Å². The fourth-order valence-electron chi connectivity index (χ4n) is 3.79. The standard InChI is InChI=1S/C20H24FN3O2/c1-22-8-10-23(11-9-22)18-5-4-16(21)13-17(18)20(25)24-7-2-3-19-15(14-24)6-12-26-19/h4-6,12-13H,2-3,7-11,14H2,1H3. The highest BCUT2D eigenvalue weighted by Gasteiger charge is 2.26. The van der Waals surface area contributed by atoms with Gasteiger partial charge in [0.15, 0.2) is 0 Å². The number of furan rings is 1. The highest BCUT2D eigenvalue weighted by Crippen LogP contribution is 2.27. The third-order valence-electron chi connectivity index (χ3n) is 5.35. The molecule has 0 spiro atoms. The number of halogens is 1. The summed E-state index contributed by atoms with van der Waals surface area (Å²) in [5.74, 6) is 0.483. The molecule has 0 bridgehead atoms. The second-order valence-corrected chi connectivity index (χ2v) is 7.15. The molecule has 3 heterocycles. The number of amides is 1. The van der Waals surface area contributed by atoms with E-state index in [1.54, 1.807) is 12.3 Å². The van der Waals surface area contributed by atoms with Gasteiger partial charge in [-0.15, -0.1) is 0 Å². The van der Waals surface area contributed by atoms with E-state index in [4.69, 9.17) is 4.42 Å². The summed E-state index contributed by atoms with van der Waals surface area (Å²) in [6, 6.07) is 6.50. The van der Waals surface area contributed by atoms with Crippen molar-refractivity contribution in [2.45, 2.75) is 19.4 Å². The summed E-state index contributed by atoms with van der Waals surface area (Å²) in [6.45, 7) is 4.73. The third kappa shape index (κ3) is 3.33. The van der Waals surface area contributed by atoms with Gasteiger partial charge in [-0.1, -0.05) is 0 Å². The Kier molecular flexibility index (Phi) is 4.68. The first kappa shape index (κ1) is 17.1. The van der Waals surface area contributed by atoms with Crippen molar-refractivity contribution in [2.75, 3.05) is 44.7 Å². The molecule has 0 aliphatic carbocycles. The molecular formula is C20H24FN3O2. The van der Waals surface area contributed by atoms with E-state index in [9.17, 15) is 9.18 Å². The van der Waals surface area contributed by atoms with Crippen LogP contribution >= 0.6 is 0 Å². The lowest BCUT2D eigenvalue weighted by Crippen LogP contribution is -2.45. The van der Waals surface area contributed by atoms with Gasteiger partial charge in [-0.3, -0.25) is 4.79 Å². The van der Waals surface area contributed by atoms with Crippen molar-refractivity contribution in [1.82, 2.24) is 9.80 Å². The summed E-state index contributed by atoms with van der Waals surface area (Å²) < 4.78 is 19.5. The minimum atomic E-state index is -0.370. The number of piperazine rings is 1. The van der Waals surface area contributed by atoms with Crippen molar-refractivity contribution in [2.24, 2.45) is 0 Å². The number of aryl methyl sites for hydroxylation is 1. The van der Waals surface area contributed by atoms with E-state index >= 15 is 0 Å². The Morgan fingerprint density at radius 2 is 1.92 bits per heavy atom. The van der Waals surface area contributed by atoms with Gasteiger partial charge < -0.3 is 19.1 Å². The molecule has 1 amide bonds. The first-order chi connectivity index (χ1) is 12.6. The molecular weight excluding hydrogens is 333 g/mol. The fraction of sp³-hybridized carbons (Fsp3) is 0.450.